The molecule has 2 aliphatic carbocycles. The summed E-state index contributed by atoms with van der Waals surface area (Å²) < 4.78 is 44.4. The van der Waals surface area contributed by atoms with E-state index in [4.69, 9.17) is 14.2 Å². The molecule has 42 heavy (non-hydrogen) atoms. The topological polar surface area (TPSA) is 144 Å². The lowest BCUT2D eigenvalue weighted by Crippen LogP contribution is -2.55. The van der Waals surface area contributed by atoms with Crippen LogP contribution in [0.25, 0.3) is 10.8 Å². The number of fused-ring (bicyclic) bond motifs is 1. The van der Waals surface area contributed by atoms with Crippen molar-refractivity contribution < 1.29 is 37.0 Å². The molecular weight excluding hydrogens is 564 g/mol. The highest BCUT2D eigenvalue weighted by molar-refractivity contribution is 7.90. The highest BCUT2D eigenvalue weighted by Gasteiger charge is 2.52. The molecule has 1 aliphatic heterocycles. The van der Waals surface area contributed by atoms with Gasteiger partial charge in [-0.25, -0.2) is 27.7 Å². The minimum absolute atomic E-state index is 0.0151. The number of nitrogens with one attached hydrogen (secondary N) is 1. The molecule has 13 heteroatoms. The first kappa shape index (κ1) is 29.6. The minimum atomic E-state index is -3.92. The number of urea groups is 1. The molecule has 2 saturated carbocycles. The Bertz CT molecular complexity index is 1520. The molecule has 2 heterocycles. The first-order valence-corrected chi connectivity index (χ1v) is 15.5. The third-order valence-electron chi connectivity index (χ3n) is 7.48. The second kappa shape index (κ2) is 11.1. The molecule has 4 amide bonds. The quantitative estimate of drug-likeness (QED) is 0.449. The number of likely N-dealkylation sites (tertiary alicyclic amines) is 1. The van der Waals surface area contributed by atoms with Crippen LogP contribution in [-0.2, 0) is 19.6 Å². The van der Waals surface area contributed by atoms with E-state index in [1.54, 1.807) is 46.2 Å². The molecule has 1 N–H and O–H groups in total. The number of hydrogen-bond donors (Lipinski definition) is 1. The number of pyridine rings is 1. The van der Waals surface area contributed by atoms with Crippen LogP contribution in [0.15, 0.2) is 43.1 Å². The van der Waals surface area contributed by atoms with Crippen LogP contribution in [0.4, 0.5) is 9.59 Å². The van der Waals surface area contributed by atoms with Crippen LogP contribution in [0.3, 0.4) is 0 Å². The second-order valence-corrected chi connectivity index (χ2v) is 13.9. The number of ether oxygens (including phenoxy) is 3. The Labute approximate surface area is 245 Å². The smallest absolute Gasteiger partial charge is 0.411 e. The molecule has 4 atom stereocenters. The van der Waals surface area contributed by atoms with Crippen molar-refractivity contribution in [3.05, 3.63) is 43.1 Å². The Balaban J connectivity index is 1.43. The van der Waals surface area contributed by atoms with Crippen molar-refractivity contribution in [1.82, 2.24) is 19.5 Å². The summed E-state index contributed by atoms with van der Waals surface area (Å²) in [4.78, 5) is 47.3. The van der Waals surface area contributed by atoms with Gasteiger partial charge in [0.05, 0.1) is 18.9 Å². The molecular formula is C29H36N4O8S. The lowest BCUT2D eigenvalue weighted by molar-refractivity contribution is -0.133. The zero-order chi connectivity index (χ0) is 30.4. The fraction of sp³-hybridized carbons (Fsp3) is 0.517. The van der Waals surface area contributed by atoms with E-state index in [0.717, 1.165) is 10.3 Å². The van der Waals surface area contributed by atoms with Crippen LogP contribution < -0.4 is 14.2 Å². The average Bonchev–Trinajstić information content (AvgIpc) is 3.85. The van der Waals surface area contributed by atoms with Crippen molar-refractivity contribution in [1.29, 1.82) is 0 Å². The Kier molecular flexibility index (Phi) is 7.82. The largest absolute Gasteiger partial charge is 0.497 e. The molecule has 0 bridgehead atoms. The summed E-state index contributed by atoms with van der Waals surface area (Å²) in [6.07, 6.45) is 3.20. The van der Waals surface area contributed by atoms with Gasteiger partial charge in [-0.15, -0.1) is 6.58 Å². The van der Waals surface area contributed by atoms with Gasteiger partial charge in [0.15, 0.2) is 0 Å². The highest BCUT2D eigenvalue weighted by atomic mass is 32.2. The van der Waals surface area contributed by atoms with Crippen LogP contribution in [0.5, 0.6) is 11.6 Å². The lowest BCUT2D eigenvalue weighted by Gasteiger charge is -2.30. The predicted molar refractivity (Wildman–Crippen MR) is 153 cm³/mol. The van der Waals surface area contributed by atoms with E-state index in [1.807, 2.05) is 18.2 Å². The Morgan fingerprint density at radius 1 is 1.17 bits per heavy atom. The normalized spacial score (nSPS) is 23.7. The monoisotopic (exact) mass is 600 g/mol. The number of carbonyl (C=O) groups excluding carboxylic acids is 3. The van der Waals surface area contributed by atoms with Crippen molar-refractivity contribution in [3.63, 3.8) is 0 Å². The Hall–Kier alpha value is -3.87. The Morgan fingerprint density at radius 3 is 2.52 bits per heavy atom. The number of amides is 4. The number of aromatic nitrogens is 1. The summed E-state index contributed by atoms with van der Waals surface area (Å²) in [5, 5.41) is 0.898. The number of rotatable bonds is 8. The molecule has 1 saturated heterocycles. The number of imide groups is 1. The van der Waals surface area contributed by atoms with Crippen molar-refractivity contribution >= 4 is 38.8 Å². The summed E-state index contributed by atoms with van der Waals surface area (Å²) in [5.41, 5.74) is -0.850. The minimum Gasteiger partial charge on any atom is -0.497 e. The molecule has 5 rings (SSSR count). The number of methoxy groups -OCH3 is 1. The summed E-state index contributed by atoms with van der Waals surface area (Å²) in [6.45, 7) is 8.87. The second-order valence-electron chi connectivity index (χ2n) is 11.9. The van der Waals surface area contributed by atoms with E-state index >= 15 is 0 Å². The van der Waals surface area contributed by atoms with Gasteiger partial charge in [-0.05, 0) is 69.5 Å². The zero-order valence-corrected chi connectivity index (χ0v) is 24.9. The van der Waals surface area contributed by atoms with E-state index in [9.17, 15) is 22.8 Å². The summed E-state index contributed by atoms with van der Waals surface area (Å²) >= 11 is 0. The fourth-order valence-corrected chi connectivity index (χ4v) is 6.36. The SMILES string of the molecule is C=CC1CC1N(C(=O)NS(=O)(=O)C1CC1)C(=O)C1CC(Oc2nccc3ccc(OC)cc23)CN1C(=O)OC(C)(C)C. The number of nitrogens with zero attached hydrogens (tertiary/aromatic N) is 3. The van der Waals surface area contributed by atoms with Gasteiger partial charge >= 0.3 is 12.1 Å². The van der Waals surface area contributed by atoms with Crippen LogP contribution >= 0.6 is 0 Å². The molecule has 4 unspecified atom stereocenters. The predicted octanol–water partition coefficient (Wildman–Crippen LogP) is 3.61. The van der Waals surface area contributed by atoms with E-state index in [-0.39, 0.29) is 18.9 Å². The van der Waals surface area contributed by atoms with Crippen molar-refractivity contribution in [3.8, 4) is 11.6 Å². The number of hydrogen-bond acceptors (Lipinski definition) is 9. The van der Waals surface area contributed by atoms with Gasteiger partial charge in [0.1, 0.15) is 23.5 Å². The number of benzene rings is 1. The lowest BCUT2D eigenvalue weighted by atomic mass is 10.1. The third kappa shape index (κ3) is 6.30. The summed E-state index contributed by atoms with van der Waals surface area (Å²) in [6, 6.07) is 4.56. The van der Waals surface area contributed by atoms with E-state index < -0.39 is 57.1 Å². The van der Waals surface area contributed by atoms with Crippen molar-refractivity contribution in [2.75, 3.05) is 13.7 Å². The van der Waals surface area contributed by atoms with Crippen molar-refractivity contribution in [2.45, 2.75) is 75.5 Å². The van der Waals surface area contributed by atoms with Gasteiger partial charge in [-0.2, -0.15) is 0 Å². The van der Waals surface area contributed by atoms with Gasteiger partial charge in [-0.3, -0.25) is 14.6 Å². The molecule has 2 aromatic rings. The first-order valence-electron chi connectivity index (χ1n) is 13.9. The van der Waals surface area contributed by atoms with E-state index in [1.165, 1.54) is 4.90 Å². The standard InChI is InChI=1S/C29H36N4O8S/c1-6-17-13-23(17)33(27(35)31-42(37,38)21-9-10-21)26(34)24-15-20(16-32(24)28(36)41-29(2,3)4)40-25-22-14-19(39-5)8-7-18(22)11-12-30-25/h6-8,11-12,14,17,20-21,23-24H,1,9-10,13,15-16H2,2-5H3,(H,31,35). The molecule has 12 nitrogen and oxygen atoms in total. The molecule has 0 radical (unpaired) electrons. The summed E-state index contributed by atoms with van der Waals surface area (Å²) in [5.74, 6) is 0.0193. The van der Waals surface area contributed by atoms with Crippen LogP contribution in [0.1, 0.15) is 46.5 Å². The average molecular weight is 601 g/mol. The molecule has 0 spiro atoms. The Morgan fingerprint density at radius 2 is 1.90 bits per heavy atom. The number of sulfonamides is 1. The number of carbonyl (C=O) groups is 3. The van der Waals surface area contributed by atoms with Gasteiger partial charge in [-0.1, -0.05) is 12.1 Å². The molecule has 3 aliphatic rings. The summed E-state index contributed by atoms with van der Waals surface area (Å²) in [7, 11) is -2.36. The van der Waals surface area contributed by atoms with Crippen molar-refractivity contribution in [2.24, 2.45) is 5.92 Å². The molecule has 226 valence electrons. The maximum absolute atomic E-state index is 14.1. The van der Waals surface area contributed by atoms with Crippen LogP contribution in [0, 0.1) is 5.92 Å². The zero-order valence-electron chi connectivity index (χ0n) is 24.1. The maximum atomic E-state index is 14.1. The van der Waals surface area contributed by atoms with E-state index in [2.05, 4.69) is 16.3 Å². The molecule has 1 aromatic heterocycles. The van der Waals surface area contributed by atoms with Crippen LogP contribution in [-0.4, -0.2) is 83.9 Å². The van der Waals surface area contributed by atoms with Gasteiger partial charge in [0.2, 0.25) is 15.9 Å². The maximum Gasteiger partial charge on any atom is 0.411 e. The van der Waals surface area contributed by atoms with E-state index in [0.29, 0.717) is 36.3 Å². The fourth-order valence-electron chi connectivity index (χ4n) is 5.10. The van der Waals surface area contributed by atoms with Gasteiger partial charge in [0, 0.05) is 24.0 Å². The highest BCUT2D eigenvalue weighted by Crippen LogP contribution is 2.39. The molecule has 1 aromatic carbocycles. The first-order chi connectivity index (χ1) is 19.8. The van der Waals surface area contributed by atoms with Gasteiger partial charge in [0.25, 0.3) is 5.91 Å². The van der Waals surface area contributed by atoms with Gasteiger partial charge < -0.3 is 14.2 Å². The van der Waals surface area contributed by atoms with Crippen LogP contribution in [0.2, 0.25) is 0 Å². The molecule has 3 fully saturated rings. The third-order valence-corrected chi connectivity index (χ3v) is 9.29.